The van der Waals surface area contributed by atoms with E-state index in [0.29, 0.717) is 40.7 Å². The van der Waals surface area contributed by atoms with Gasteiger partial charge < -0.3 is 4.74 Å². The molecule has 1 aromatic carbocycles. The van der Waals surface area contributed by atoms with E-state index in [9.17, 15) is 13.2 Å². The van der Waals surface area contributed by atoms with Crippen molar-refractivity contribution in [3.63, 3.8) is 0 Å². The zero-order valence-electron chi connectivity index (χ0n) is 15.7. The monoisotopic (exact) mass is 421 g/mol. The lowest BCUT2D eigenvalue weighted by atomic mass is 10.1. The number of hydrogen-bond acceptors (Lipinski definition) is 3. The Balaban J connectivity index is 1.67. The summed E-state index contributed by atoms with van der Waals surface area (Å²) in [6.07, 6.45) is 2.01. The zero-order valence-corrected chi connectivity index (χ0v) is 16.5. The van der Waals surface area contributed by atoms with Crippen molar-refractivity contribution in [2.24, 2.45) is 11.8 Å². The number of alkyl halides is 3. The van der Waals surface area contributed by atoms with E-state index in [1.54, 1.807) is 13.3 Å². The third kappa shape index (κ3) is 3.25. The number of fused-ring (bicyclic) bond motifs is 1. The Hall–Kier alpha value is -2.28. The van der Waals surface area contributed by atoms with Crippen LogP contribution < -0.4 is 4.74 Å². The molecule has 0 N–H and O–H groups in total. The van der Waals surface area contributed by atoms with Gasteiger partial charge in [-0.1, -0.05) is 17.7 Å². The maximum absolute atomic E-state index is 13.0. The van der Waals surface area contributed by atoms with Crippen LogP contribution in [0.3, 0.4) is 0 Å². The molecule has 0 amide bonds. The number of nitrogens with zero attached hydrogens (tertiary/aromatic N) is 3. The van der Waals surface area contributed by atoms with Crippen molar-refractivity contribution in [2.75, 3.05) is 7.11 Å². The minimum absolute atomic E-state index is 0.00530. The molecule has 2 heterocycles. The number of hydrogen-bond donors (Lipinski definition) is 0. The largest absolute Gasteiger partial charge is 0.468 e. The molecule has 2 aliphatic carbocycles. The predicted octanol–water partition coefficient (Wildman–Crippen LogP) is 6.14. The third-order valence-electron chi connectivity index (χ3n) is 5.82. The fourth-order valence-electron chi connectivity index (χ4n) is 4.20. The second kappa shape index (κ2) is 6.62. The van der Waals surface area contributed by atoms with Gasteiger partial charge in [-0.25, -0.2) is 0 Å². The molecule has 0 radical (unpaired) electrons. The van der Waals surface area contributed by atoms with Crippen molar-refractivity contribution in [1.29, 1.82) is 0 Å². The number of methoxy groups -OCH3 is 1. The normalized spacial score (nSPS) is 17.3. The van der Waals surface area contributed by atoms with Crippen LogP contribution in [-0.4, -0.2) is 21.6 Å². The van der Waals surface area contributed by atoms with E-state index in [1.807, 2.05) is 6.07 Å². The fourth-order valence-corrected chi connectivity index (χ4v) is 4.47. The summed E-state index contributed by atoms with van der Waals surface area (Å²) in [6.45, 7) is 0. The summed E-state index contributed by atoms with van der Waals surface area (Å²) in [6, 6.07) is 6.06. The molecule has 3 aromatic rings. The van der Waals surface area contributed by atoms with Gasteiger partial charge in [-0.15, -0.1) is 0 Å². The lowest BCUT2D eigenvalue weighted by Gasteiger charge is -2.20. The molecule has 5 rings (SSSR count). The summed E-state index contributed by atoms with van der Waals surface area (Å²) in [5.41, 5.74) is 1.57. The highest BCUT2D eigenvalue weighted by Crippen LogP contribution is 2.54. The lowest BCUT2D eigenvalue weighted by Crippen LogP contribution is -2.14. The van der Waals surface area contributed by atoms with Gasteiger partial charge in [-0.3, -0.25) is 9.55 Å². The summed E-state index contributed by atoms with van der Waals surface area (Å²) in [7, 11) is 1.59. The first-order valence-electron chi connectivity index (χ1n) is 9.66. The molecule has 2 aromatic heterocycles. The molecule has 2 aliphatic rings. The van der Waals surface area contributed by atoms with E-state index in [-0.39, 0.29) is 5.02 Å². The Bertz CT molecular complexity index is 1070. The summed E-state index contributed by atoms with van der Waals surface area (Å²) < 4.78 is 46.8. The summed E-state index contributed by atoms with van der Waals surface area (Å²) in [4.78, 5) is 9.06. The van der Waals surface area contributed by atoms with Crippen LogP contribution in [0.15, 0.2) is 30.5 Å². The van der Waals surface area contributed by atoms with E-state index in [1.165, 1.54) is 31.7 Å². The number of ether oxygens (including phenoxy) is 1. The van der Waals surface area contributed by atoms with E-state index in [0.717, 1.165) is 17.6 Å². The second-order valence-electron chi connectivity index (χ2n) is 7.85. The van der Waals surface area contributed by atoms with Crippen molar-refractivity contribution in [2.45, 2.75) is 37.9 Å². The first-order chi connectivity index (χ1) is 13.9. The molecule has 0 spiro atoms. The van der Waals surface area contributed by atoms with Crippen LogP contribution in [0.25, 0.3) is 22.3 Å². The van der Waals surface area contributed by atoms with E-state index >= 15 is 0 Å². The van der Waals surface area contributed by atoms with Gasteiger partial charge in [-0.2, -0.15) is 18.2 Å². The first-order valence-corrected chi connectivity index (χ1v) is 10.0. The molecule has 4 nitrogen and oxygen atoms in total. The van der Waals surface area contributed by atoms with Crippen molar-refractivity contribution < 1.29 is 17.9 Å². The van der Waals surface area contributed by atoms with Gasteiger partial charge in [0.25, 0.3) is 6.01 Å². The zero-order chi connectivity index (χ0) is 20.3. The number of aromatic nitrogens is 3. The van der Waals surface area contributed by atoms with Crippen LogP contribution in [0.4, 0.5) is 13.2 Å². The molecule has 0 atom stereocenters. The summed E-state index contributed by atoms with van der Waals surface area (Å²) >= 11 is 6.23. The Morgan fingerprint density at radius 2 is 1.83 bits per heavy atom. The minimum atomic E-state index is -4.45. The molecule has 2 fully saturated rings. The maximum atomic E-state index is 13.0. The molecule has 0 saturated heterocycles. The third-order valence-corrected chi connectivity index (χ3v) is 6.13. The topological polar surface area (TPSA) is 39.9 Å². The van der Waals surface area contributed by atoms with E-state index in [2.05, 4.69) is 14.5 Å². The molecule has 2 saturated carbocycles. The Morgan fingerprint density at radius 1 is 1.14 bits per heavy atom. The number of imidazole rings is 1. The van der Waals surface area contributed by atoms with Gasteiger partial charge in [0, 0.05) is 17.8 Å². The molecule has 0 bridgehead atoms. The van der Waals surface area contributed by atoms with Crippen molar-refractivity contribution in [3.05, 3.63) is 41.0 Å². The second-order valence-corrected chi connectivity index (χ2v) is 8.26. The van der Waals surface area contributed by atoms with Crippen molar-refractivity contribution >= 4 is 22.6 Å². The molecular weight excluding hydrogens is 403 g/mol. The number of halogens is 4. The fraction of sp³-hybridized carbons (Fsp3) is 0.429. The molecule has 29 heavy (non-hydrogen) atoms. The summed E-state index contributed by atoms with van der Waals surface area (Å²) in [5, 5.41) is -0.00530. The molecule has 0 aliphatic heterocycles. The first kappa shape index (κ1) is 18.7. The van der Waals surface area contributed by atoms with Crippen LogP contribution in [-0.2, 0) is 6.18 Å². The van der Waals surface area contributed by atoms with Crippen LogP contribution in [0, 0.1) is 11.8 Å². The summed E-state index contributed by atoms with van der Waals surface area (Å²) in [5.74, 6) is 1.25. The Labute approximate surface area is 170 Å². The predicted molar refractivity (Wildman–Crippen MR) is 104 cm³/mol. The minimum Gasteiger partial charge on any atom is -0.468 e. The van der Waals surface area contributed by atoms with Crippen LogP contribution in [0.1, 0.15) is 37.3 Å². The van der Waals surface area contributed by atoms with Crippen LogP contribution in [0.5, 0.6) is 6.01 Å². The Morgan fingerprint density at radius 3 is 2.38 bits per heavy atom. The molecular formula is C21H19ClF3N3O. The lowest BCUT2D eigenvalue weighted by molar-refractivity contribution is -0.137. The standard InChI is InChI=1S/C21H19ClF3N3O/c1-29-20-27-18-16(28(20)19(11-2-3-11)12-4-5-12)8-9-26-17(18)14-7-6-13(10-15(14)22)21(23,24)25/h6-12,19H,2-5H2,1H3. The van der Waals surface area contributed by atoms with Gasteiger partial charge in [0.05, 0.1) is 28.9 Å². The number of benzene rings is 1. The molecule has 0 unspecified atom stereocenters. The van der Waals surface area contributed by atoms with Gasteiger partial charge in [-0.05, 0) is 55.7 Å². The number of rotatable bonds is 5. The highest BCUT2D eigenvalue weighted by molar-refractivity contribution is 6.33. The maximum Gasteiger partial charge on any atom is 0.416 e. The van der Waals surface area contributed by atoms with E-state index in [4.69, 9.17) is 16.3 Å². The van der Waals surface area contributed by atoms with Crippen LogP contribution in [0.2, 0.25) is 5.02 Å². The average Bonchev–Trinajstić information content (AvgIpc) is 3.59. The van der Waals surface area contributed by atoms with Gasteiger partial charge in [0.2, 0.25) is 0 Å². The smallest absolute Gasteiger partial charge is 0.416 e. The SMILES string of the molecule is COc1nc2c(-c3ccc(C(F)(F)F)cc3Cl)nccc2n1C(C1CC1)C1CC1. The van der Waals surface area contributed by atoms with E-state index < -0.39 is 11.7 Å². The van der Waals surface area contributed by atoms with Gasteiger partial charge in [0.1, 0.15) is 5.52 Å². The highest BCUT2D eigenvalue weighted by atomic mass is 35.5. The highest BCUT2D eigenvalue weighted by Gasteiger charge is 2.44. The molecule has 8 heteroatoms. The van der Waals surface area contributed by atoms with Crippen molar-refractivity contribution in [3.8, 4) is 17.3 Å². The van der Waals surface area contributed by atoms with Gasteiger partial charge >= 0.3 is 6.18 Å². The quantitative estimate of drug-likeness (QED) is 0.496. The average molecular weight is 422 g/mol. The number of pyridine rings is 1. The van der Waals surface area contributed by atoms with Crippen LogP contribution >= 0.6 is 11.6 Å². The van der Waals surface area contributed by atoms with Crippen molar-refractivity contribution in [1.82, 2.24) is 14.5 Å². The molecule has 152 valence electrons. The Kier molecular flexibility index (Phi) is 4.28. The van der Waals surface area contributed by atoms with Gasteiger partial charge in [0.15, 0.2) is 0 Å².